The summed E-state index contributed by atoms with van der Waals surface area (Å²) in [5, 5.41) is 0. The molecule has 6 nitrogen and oxygen atoms in total. The maximum absolute atomic E-state index is 12.4. The Labute approximate surface area is 158 Å². The van der Waals surface area contributed by atoms with Crippen LogP contribution in [0, 0.1) is 0 Å². The Bertz CT molecular complexity index is 795. The molecule has 1 atom stereocenters. The van der Waals surface area contributed by atoms with E-state index in [1.165, 1.54) is 7.11 Å². The van der Waals surface area contributed by atoms with Gasteiger partial charge in [-0.2, -0.15) is 0 Å². The van der Waals surface area contributed by atoms with E-state index in [2.05, 4.69) is 0 Å². The fourth-order valence-electron chi connectivity index (χ4n) is 2.81. The number of esters is 1. The Balaban J connectivity index is 1.59. The van der Waals surface area contributed by atoms with Crippen LogP contribution in [0.4, 0.5) is 0 Å². The molecule has 1 saturated heterocycles. The van der Waals surface area contributed by atoms with Crippen molar-refractivity contribution in [2.24, 2.45) is 0 Å². The van der Waals surface area contributed by atoms with Gasteiger partial charge in [0.2, 0.25) is 0 Å². The van der Waals surface area contributed by atoms with Crippen molar-refractivity contribution in [1.82, 2.24) is 0 Å². The van der Waals surface area contributed by atoms with Crippen LogP contribution in [0.2, 0.25) is 0 Å². The van der Waals surface area contributed by atoms with Gasteiger partial charge >= 0.3 is 5.97 Å². The van der Waals surface area contributed by atoms with E-state index < -0.39 is 5.97 Å². The first-order valence-electron chi connectivity index (χ1n) is 8.85. The summed E-state index contributed by atoms with van der Waals surface area (Å²) in [7, 11) is 1.52. The summed E-state index contributed by atoms with van der Waals surface area (Å²) >= 11 is 0. The lowest BCUT2D eigenvalue weighted by Crippen LogP contribution is -2.19. The van der Waals surface area contributed by atoms with Gasteiger partial charge in [-0.1, -0.05) is 24.3 Å². The number of benzene rings is 2. The van der Waals surface area contributed by atoms with Crippen LogP contribution in [-0.4, -0.2) is 44.8 Å². The van der Waals surface area contributed by atoms with E-state index in [0.717, 1.165) is 19.4 Å². The van der Waals surface area contributed by atoms with E-state index in [1.807, 2.05) is 0 Å². The first-order valence-corrected chi connectivity index (χ1v) is 8.85. The van der Waals surface area contributed by atoms with Gasteiger partial charge in [0.15, 0.2) is 12.4 Å². The van der Waals surface area contributed by atoms with Crippen molar-refractivity contribution in [3.8, 4) is 11.5 Å². The largest absolute Gasteiger partial charge is 0.497 e. The van der Waals surface area contributed by atoms with Gasteiger partial charge in [0, 0.05) is 12.2 Å². The lowest BCUT2D eigenvalue weighted by atomic mass is 10.1. The van der Waals surface area contributed by atoms with Crippen LogP contribution in [0.15, 0.2) is 48.5 Å². The monoisotopic (exact) mass is 370 g/mol. The number of rotatable bonds is 8. The topological polar surface area (TPSA) is 71.1 Å². The minimum absolute atomic E-state index is 0.0451. The molecule has 6 heteroatoms. The van der Waals surface area contributed by atoms with Gasteiger partial charge in [0.1, 0.15) is 23.7 Å². The van der Waals surface area contributed by atoms with Crippen LogP contribution >= 0.6 is 0 Å². The average Bonchev–Trinajstić information content (AvgIpc) is 3.24. The van der Waals surface area contributed by atoms with E-state index in [4.69, 9.17) is 18.9 Å². The molecule has 0 spiro atoms. The summed E-state index contributed by atoms with van der Waals surface area (Å²) in [6, 6.07) is 13.5. The standard InChI is InChI=1S/C21H22O6/c1-24-16-7-4-6-15(12-16)19(22)14-27-21(23)18-9-2-3-10-20(18)26-13-17-8-5-11-25-17/h2-4,6-7,9-10,12,17H,5,8,11,13-14H2,1H3. The molecule has 1 unspecified atom stereocenters. The number of Topliss-reactive ketones (excluding diaryl/α,β-unsaturated/α-hetero) is 1. The van der Waals surface area contributed by atoms with Crippen molar-refractivity contribution < 1.29 is 28.5 Å². The lowest BCUT2D eigenvalue weighted by molar-refractivity contribution is 0.0459. The second-order valence-electron chi connectivity index (χ2n) is 6.17. The zero-order chi connectivity index (χ0) is 19.1. The van der Waals surface area contributed by atoms with Gasteiger partial charge in [-0.15, -0.1) is 0 Å². The van der Waals surface area contributed by atoms with Gasteiger partial charge in [-0.05, 0) is 37.1 Å². The van der Waals surface area contributed by atoms with Crippen LogP contribution in [0.25, 0.3) is 0 Å². The molecular formula is C21H22O6. The van der Waals surface area contributed by atoms with Crippen molar-refractivity contribution >= 4 is 11.8 Å². The molecule has 1 heterocycles. The third-order valence-corrected chi connectivity index (χ3v) is 4.28. The molecule has 142 valence electrons. The molecule has 0 radical (unpaired) electrons. The summed E-state index contributed by atoms with van der Waals surface area (Å²) in [5.74, 6) is 0.0843. The van der Waals surface area contributed by atoms with E-state index in [-0.39, 0.29) is 24.1 Å². The third kappa shape index (κ3) is 5.08. The molecule has 0 N–H and O–H groups in total. The number of ketones is 1. The third-order valence-electron chi connectivity index (χ3n) is 4.28. The molecule has 2 aromatic carbocycles. The molecule has 1 aliphatic rings. The highest BCUT2D eigenvalue weighted by atomic mass is 16.5. The van der Waals surface area contributed by atoms with Gasteiger partial charge < -0.3 is 18.9 Å². The predicted molar refractivity (Wildman–Crippen MR) is 98.5 cm³/mol. The van der Waals surface area contributed by atoms with Crippen molar-refractivity contribution in [2.45, 2.75) is 18.9 Å². The fraction of sp³-hybridized carbons (Fsp3) is 0.333. The highest BCUT2D eigenvalue weighted by Gasteiger charge is 2.19. The van der Waals surface area contributed by atoms with E-state index in [9.17, 15) is 9.59 Å². The Hall–Kier alpha value is -2.86. The second-order valence-corrected chi connectivity index (χ2v) is 6.17. The smallest absolute Gasteiger partial charge is 0.342 e. The zero-order valence-electron chi connectivity index (χ0n) is 15.2. The fourth-order valence-corrected chi connectivity index (χ4v) is 2.81. The molecule has 3 rings (SSSR count). The highest BCUT2D eigenvalue weighted by Crippen LogP contribution is 2.21. The molecule has 0 aliphatic carbocycles. The van der Waals surface area contributed by atoms with E-state index in [1.54, 1.807) is 48.5 Å². The Morgan fingerprint density at radius 2 is 2.00 bits per heavy atom. The van der Waals surface area contributed by atoms with Gasteiger partial charge in [0.25, 0.3) is 0 Å². The highest BCUT2D eigenvalue weighted by molar-refractivity contribution is 6.00. The molecule has 27 heavy (non-hydrogen) atoms. The minimum atomic E-state index is -0.603. The summed E-state index contributed by atoms with van der Waals surface area (Å²) in [6.07, 6.45) is 2.01. The normalized spacial score (nSPS) is 16.0. The maximum Gasteiger partial charge on any atom is 0.342 e. The van der Waals surface area contributed by atoms with Gasteiger partial charge in [0.05, 0.1) is 13.2 Å². The van der Waals surface area contributed by atoms with E-state index in [0.29, 0.717) is 23.7 Å². The van der Waals surface area contributed by atoms with Crippen LogP contribution in [0.5, 0.6) is 11.5 Å². The molecule has 0 aromatic heterocycles. The van der Waals surface area contributed by atoms with Crippen molar-refractivity contribution in [3.63, 3.8) is 0 Å². The summed E-state index contributed by atoms with van der Waals surface area (Å²) < 4.78 is 21.6. The van der Waals surface area contributed by atoms with Gasteiger partial charge in [-0.25, -0.2) is 4.79 Å². The predicted octanol–water partition coefficient (Wildman–Crippen LogP) is 3.29. The molecule has 0 amide bonds. The molecule has 2 aromatic rings. The van der Waals surface area contributed by atoms with Gasteiger partial charge in [-0.3, -0.25) is 4.79 Å². The first-order chi connectivity index (χ1) is 13.2. The van der Waals surface area contributed by atoms with Crippen molar-refractivity contribution in [3.05, 3.63) is 59.7 Å². The molecule has 1 aliphatic heterocycles. The van der Waals surface area contributed by atoms with Crippen LogP contribution < -0.4 is 9.47 Å². The van der Waals surface area contributed by atoms with Crippen LogP contribution in [0.1, 0.15) is 33.6 Å². The molecule has 0 saturated carbocycles. The Morgan fingerprint density at radius 1 is 1.15 bits per heavy atom. The number of methoxy groups -OCH3 is 1. The Kier molecular flexibility index (Phi) is 6.44. The number of carbonyl (C=O) groups excluding carboxylic acids is 2. The van der Waals surface area contributed by atoms with Crippen LogP contribution in [0.3, 0.4) is 0 Å². The van der Waals surface area contributed by atoms with Crippen molar-refractivity contribution in [1.29, 1.82) is 0 Å². The summed E-state index contributed by atoms with van der Waals surface area (Å²) in [6.45, 7) is 0.767. The maximum atomic E-state index is 12.4. The Morgan fingerprint density at radius 3 is 2.78 bits per heavy atom. The first kappa shape index (κ1) is 18.9. The second kappa shape index (κ2) is 9.19. The molecular weight excluding hydrogens is 348 g/mol. The molecule has 0 bridgehead atoms. The van der Waals surface area contributed by atoms with Crippen LogP contribution in [-0.2, 0) is 9.47 Å². The number of hydrogen-bond donors (Lipinski definition) is 0. The number of ether oxygens (including phenoxy) is 4. The summed E-state index contributed by atoms with van der Waals surface area (Å²) in [4.78, 5) is 24.7. The van der Waals surface area contributed by atoms with E-state index >= 15 is 0 Å². The van der Waals surface area contributed by atoms with Crippen molar-refractivity contribution in [2.75, 3.05) is 26.9 Å². The zero-order valence-corrected chi connectivity index (χ0v) is 15.2. The average molecular weight is 370 g/mol. The number of hydrogen-bond acceptors (Lipinski definition) is 6. The number of para-hydroxylation sites is 1. The molecule has 1 fully saturated rings. The quantitative estimate of drug-likeness (QED) is 0.525. The number of carbonyl (C=O) groups is 2. The SMILES string of the molecule is COc1cccc(C(=O)COC(=O)c2ccccc2OCC2CCCO2)c1. The summed E-state index contributed by atoms with van der Waals surface area (Å²) in [5.41, 5.74) is 0.707. The minimum Gasteiger partial charge on any atom is -0.497 e. The lowest BCUT2D eigenvalue weighted by Gasteiger charge is -2.14.